The minimum absolute atomic E-state index is 0.185. The van der Waals surface area contributed by atoms with Crippen LogP contribution in [0.3, 0.4) is 0 Å². The Kier molecular flexibility index (Phi) is 3.15. The molecule has 0 saturated heterocycles. The van der Waals surface area contributed by atoms with Gasteiger partial charge in [0.15, 0.2) is 5.65 Å². The second-order valence-electron chi connectivity index (χ2n) is 6.33. The van der Waals surface area contributed by atoms with Crippen LogP contribution >= 0.6 is 0 Å². The van der Waals surface area contributed by atoms with Crippen molar-refractivity contribution in [2.45, 2.75) is 13.0 Å². The number of imidazole rings is 1. The summed E-state index contributed by atoms with van der Waals surface area (Å²) in [5, 5.41) is 4.20. The molecule has 1 aromatic carbocycles. The monoisotopic (exact) mass is 345 g/mol. The average molecular weight is 345 g/mol. The van der Waals surface area contributed by atoms with Crippen LogP contribution in [0.5, 0.6) is 0 Å². The number of pyridine rings is 1. The molecule has 0 radical (unpaired) electrons. The van der Waals surface area contributed by atoms with Crippen LogP contribution in [0.15, 0.2) is 42.9 Å². The summed E-state index contributed by atoms with van der Waals surface area (Å²) in [5.41, 5.74) is 6.48. The van der Waals surface area contributed by atoms with E-state index in [-0.39, 0.29) is 12.6 Å². The first kappa shape index (κ1) is 14.8. The second kappa shape index (κ2) is 5.52. The Bertz CT molecular complexity index is 1160. The Hall–Kier alpha value is -3.48. The number of aryl methyl sites for hydroxylation is 1. The molecule has 7 nitrogen and oxygen atoms in total. The molecule has 0 atom stereocenters. The van der Waals surface area contributed by atoms with Crippen LogP contribution in [0, 0.1) is 0 Å². The number of aromatic nitrogens is 5. The molecule has 0 saturated carbocycles. The van der Waals surface area contributed by atoms with Crippen LogP contribution in [0.25, 0.3) is 33.7 Å². The first-order chi connectivity index (χ1) is 12.7. The maximum atomic E-state index is 11.6. The van der Waals surface area contributed by atoms with Crippen molar-refractivity contribution in [2.75, 3.05) is 0 Å². The lowest BCUT2D eigenvalue weighted by atomic mass is 9.93. The predicted molar refractivity (Wildman–Crippen MR) is 95.0 cm³/mol. The Balaban J connectivity index is 1.70. The number of rotatable bonds is 2. The number of fused-ring (bicyclic) bond motifs is 2. The van der Waals surface area contributed by atoms with Crippen LogP contribution < -0.4 is 0 Å². The van der Waals surface area contributed by atoms with E-state index in [1.807, 2.05) is 37.5 Å². The molecule has 0 unspecified atom stereocenters. The van der Waals surface area contributed by atoms with Gasteiger partial charge in [0.1, 0.15) is 12.4 Å². The van der Waals surface area contributed by atoms with Crippen LogP contribution in [-0.2, 0) is 29.6 Å². The summed E-state index contributed by atoms with van der Waals surface area (Å²) in [5.74, 6) is 0.541. The van der Waals surface area contributed by atoms with E-state index in [1.54, 1.807) is 17.1 Å². The quantitative estimate of drug-likeness (QED) is 0.565. The number of H-pyrrole nitrogens is 1. The molecule has 5 rings (SSSR count). The zero-order valence-electron chi connectivity index (χ0n) is 14.1. The minimum atomic E-state index is -0.185. The van der Waals surface area contributed by atoms with Gasteiger partial charge in [-0.05, 0) is 17.2 Å². The van der Waals surface area contributed by atoms with Gasteiger partial charge in [0.05, 0.1) is 23.7 Å². The van der Waals surface area contributed by atoms with Gasteiger partial charge < -0.3 is 9.72 Å². The molecule has 0 amide bonds. The standard InChI is InChI=1S/C19H15N5O2/c1-24-9-12(8-21-24)18-22-17-14(5-6-20-19(17)23-18)13-4-2-3-11-7-16(25)26-10-15(11)13/h2-6,8-9H,7,10H2,1H3,(H,20,22,23). The molecule has 0 spiro atoms. The summed E-state index contributed by atoms with van der Waals surface area (Å²) in [6.07, 6.45) is 5.73. The topological polar surface area (TPSA) is 85.7 Å². The highest BCUT2D eigenvalue weighted by molar-refractivity contribution is 5.93. The van der Waals surface area contributed by atoms with Gasteiger partial charge in [-0.1, -0.05) is 18.2 Å². The predicted octanol–water partition coefficient (Wildman–Crippen LogP) is 2.62. The zero-order valence-corrected chi connectivity index (χ0v) is 14.1. The molecule has 1 N–H and O–H groups in total. The third kappa shape index (κ3) is 2.28. The molecule has 1 aliphatic rings. The van der Waals surface area contributed by atoms with Crippen molar-refractivity contribution in [3.8, 4) is 22.5 Å². The van der Waals surface area contributed by atoms with Crippen LogP contribution in [0.4, 0.5) is 0 Å². The molecule has 7 heteroatoms. The first-order valence-electron chi connectivity index (χ1n) is 8.29. The van der Waals surface area contributed by atoms with E-state index >= 15 is 0 Å². The lowest BCUT2D eigenvalue weighted by Crippen LogP contribution is -2.16. The highest BCUT2D eigenvalue weighted by Gasteiger charge is 2.21. The third-order valence-corrected chi connectivity index (χ3v) is 4.65. The van der Waals surface area contributed by atoms with Crippen molar-refractivity contribution in [1.29, 1.82) is 0 Å². The van der Waals surface area contributed by atoms with E-state index in [1.165, 1.54) is 0 Å². The lowest BCUT2D eigenvalue weighted by Gasteiger charge is -2.19. The van der Waals surface area contributed by atoms with Crippen LogP contribution in [0.2, 0.25) is 0 Å². The smallest absolute Gasteiger partial charge is 0.310 e. The lowest BCUT2D eigenvalue weighted by molar-refractivity contribution is -0.145. The highest BCUT2D eigenvalue weighted by Crippen LogP contribution is 2.34. The Morgan fingerprint density at radius 2 is 2.15 bits per heavy atom. The van der Waals surface area contributed by atoms with Crippen molar-refractivity contribution >= 4 is 17.1 Å². The van der Waals surface area contributed by atoms with Gasteiger partial charge in [0, 0.05) is 30.6 Å². The van der Waals surface area contributed by atoms with Gasteiger partial charge in [-0.2, -0.15) is 5.10 Å². The van der Waals surface area contributed by atoms with Crippen LogP contribution in [0.1, 0.15) is 11.1 Å². The van der Waals surface area contributed by atoms with E-state index in [2.05, 4.69) is 20.1 Å². The van der Waals surface area contributed by atoms with Gasteiger partial charge >= 0.3 is 5.97 Å². The van der Waals surface area contributed by atoms with Crippen molar-refractivity contribution in [3.63, 3.8) is 0 Å². The van der Waals surface area contributed by atoms with Crippen molar-refractivity contribution < 1.29 is 9.53 Å². The first-order valence-corrected chi connectivity index (χ1v) is 8.29. The molecule has 0 bridgehead atoms. The van der Waals surface area contributed by atoms with Crippen molar-refractivity contribution in [2.24, 2.45) is 7.05 Å². The number of ether oxygens (including phenoxy) is 1. The maximum absolute atomic E-state index is 11.6. The number of hydrogen-bond acceptors (Lipinski definition) is 5. The number of nitrogens with one attached hydrogen (secondary N) is 1. The average Bonchev–Trinajstić information content (AvgIpc) is 3.26. The molecule has 4 heterocycles. The summed E-state index contributed by atoms with van der Waals surface area (Å²) >= 11 is 0. The Morgan fingerprint density at radius 1 is 1.23 bits per heavy atom. The van der Waals surface area contributed by atoms with Gasteiger partial charge in [-0.3, -0.25) is 9.48 Å². The van der Waals surface area contributed by atoms with Gasteiger partial charge in [0.2, 0.25) is 0 Å². The normalized spacial score (nSPS) is 13.7. The number of carbonyl (C=O) groups excluding carboxylic acids is 1. The van der Waals surface area contributed by atoms with Crippen molar-refractivity contribution in [1.82, 2.24) is 24.7 Å². The van der Waals surface area contributed by atoms with E-state index in [9.17, 15) is 4.79 Å². The molecule has 26 heavy (non-hydrogen) atoms. The summed E-state index contributed by atoms with van der Waals surface area (Å²) in [7, 11) is 1.87. The molecule has 4 aromatic rings. The van der Waals surface area contributed by atoms with E-state index in [0.29, 0.717) is 12.1 Å². The fourth-order valence-corrected chi connectivity index (χ4v) is 3.40. The van der Waals surface area contributed by atoms with Gasteiger partial charge in [0.25, 0.3) is 0 Å². The molecule has 0 aliphatic carbocycles. The number of nitrogens with zero attached hydrogens (tertiary/aromatic N) is 4. The number of aromatic amines is 1. The molecule has 1 aliphatic heterocycles. The van der Waals surface area contributed by atoms with E-state index < -0.39 is 0 Å². The van der Waals surface area contributed by atoms with Gasteiger partial charge in [-0.25, -0.2) is 9.97 Å². The molecule has 3 aromatic heterocycles. The third-order valence-electron chi connectivity index (χ3n) is 4.65. The summed E-state index contributed by atoms with van der Waals surface area (Å²) in [6.45, 7) is 0.289. The summed E-state index contributed by atoms with van der Waals surface area (Å²) in [6, 6.07) is 7.94. The van der Waals surface area contributed by atoms with E-state index in [0.717, 1.165) is 39.2 Å². The number of carbonyl (C=O) groups is 1. The fraction of sp³-hybridized carbons (Fsp3) is 0.158. The fourth-order valence-electron chi connectivity index (χ4n) is 3.40. The number of benzene rings is 1. The molecule has 128 valence electrons. The number of cyclic esters (lactones) is 1. The molecular weight excluding hydrogens is 330 g/mol. The summed E-state index contributed by atoms with van der Waals surface area (Å²) in [4.78, 5) is 24.0. The minimum Gasteiger partial charge on any atom is -0.461 e. The second-order valence-corrected chi connectivity index (χ2v) is 6.33. The largest absolute Gasteiger partial charge is 0.461 e. The zero-order chi connectivity index (χ0) is 17.7. The van der Waals surface area contributed by atoms with E-state index in [4.69, 9.17) is 4.74 Å². The summed E-state index contributed by atoms with van der Waals surface area (Å²) < 4.78 is 7.00. The molecule has 0 fully saturated rings. The SMILES string of the molecule is Cn1cc(-c2nc3nccc(-c4cccc5c4COC(=O)C5)c3[nH]2)cn1. The van der Waals surface area contributed by atoms with Gasteiger partial charge in [-0.15, -0.1) is 0 Å². The maximum Gasteiger partial charge on any atom is 0.310 e. The number of hydrogen-bond donors (Lipinski definition) is 1. The Labute approximate surface area is 148 Å². The van der Waals surface area contributed by atoms with Crippen LogP contribution in [-0.4, -0.2) is 30.7 Å². The number of esters is 1. The highest BCUT2D eigenvalue weighted by atomic mass is 16.5. The van der Waals surface area contributed by atoms with Crippen molar-refractivity contribution in [3.05, 3.63) is 54.0 Å². The molecular formula is C19H15N5O2. The Morgan fingerprint density at radius 3 is 3.00 bits per heavy atom.